The number of benzene rings is 1. The van der Waals surface area contributed by atoms with Crippen LogP contribution in [-0.4, -0.2) is 57.5 Å². The molecule has 2 amide bonds. The molecule has 1 fully saturated rings. The molecule has 0 unspecified atom stereocenters. The van der Waals surface area contributed by atoms with E-state index in [4.69, 9.17) is 21.8 Å². The Morgan fingerprint density at radius 1 is 1.34 bits per heavy atom. The number of hydrogen-bond acceptors (Lipinski definition) is 6. The van der Waals surface area contributed by atoms with Gasteiger partial charge in [-0.25, -0.2) is 0 Å². The first-order valence-corrected chi connectivity index (χ1v) is 10.1. The van der Waals surface area contributed by atoms with E-state index in [2.05, 4.69) is 10.2 Å². The summed E-state index contributed by atoms with van der Waals surface area (Å²) in [6.45, 7) is 5.61. The SMILES string of the molecule is CC(C)N(Cc1nnc(-c2ccccc2Cl)o1)C(=O)CN1CCC[C@@H](C(N)=O)C1. The van der Waals surface area contributed by atoms with Crippen LogP contribution in [0.25, 0.3) is 11.5 Å². The zero-order valence-electron chi connectivity index (χ0n) is 16.7. The van der Waals surface area contributed by atoms with Crippen LogP contribution in [0.3, 0.4) is 0 Å². The molecule has 1 aliphatic rings. The summed E-state index contributed by atoms with van der Waals surface area (Å²) < 4.78 is 5.74. The highest BCUT2D eigenvalue weighted by Crippen LogP contribution is 2.26. The second-order valence-electron chi connectivity index (χ2n) is 7.57. The lowest BCUT2D eigenvalue weighted by Gasteiger charge is -2.33. The zero-order chi connectivity index (χ0) is 21.0. The molecule has 2 aromatic rings. The first kappa shape index (κ1) is 21.3. The maximum atomic E-state index is 12.9. The van der Waals surface area contributed by atoms with Gasteiger partial charge in [-0.2, -0.15) is 0 Å². The number of primary amides is 1. The lowest BCUT2D eigenvalue weighted by Crippen LogP contribution is -2.47. The third kappa shape index (κ3) is 5.33. The predicted molar refractivity (Wildman–Crippen MR) is 109 cm³/mol. The van der Waals surface area contributed by atoms with Crippen molar-refractivity contribution in [1.29, 1.82) is 0 Å². The molecule has 0 radical (unpaired) electrons. The molecule has 9 heteroatoms. The van der Waals surface area contributed by atoms with Gasteiger partial charge in [0.25, 0.3) is 0 Å². The van der Waals surface area contributed by atoms with Gasteiger partial charge < -0.3 is 15.1 Å². The zero-order valence-corrected chi connectivity index (χ0v) is 17.4. The fourth-order valence-corrected chi connectivity index (χ4v) is 3.70. The fraction of sp³-hybridized carbons (Fsp3) is 0.500. The largest absolute Gasteiger partial charge is 0.419 e. The van der Waals surface area contributed by atoms with Crippen molar-refractivity contribution in [1.82, 2.24) is 20.0 Å². The molecule has 0 bridgehead atoms. The minimum atomic E-state index is -0.305. The van der Waals surface area contributed by atoms with E-state index < -0.39 is 0 Å². The van der Waals surface area contributed by atoms with Crippen molar-refractivity contribution in [3.05, 3.63) is 35.2 Å². The van der Waals surface area contributed by atoms with Crippen molar-refractivity contribution >= 4 is 23.4 Å². The van der Waals surface area contributed by atoms with Crippen LogP contribution in [0.4, 0.5) is 0 Å². The lowest BCUT2D eigenvalue weighted by atomic mass is 9.97. The Labute approximate surface area is 175 Å². The van der Waals surface area contributed by atoms with Crippen molar-refractivity contribution < 1.29 is 14.0 Å². The summed E-state index contributed by atoms with van der Waals surface area (Å²) in [5.74, 6) is 0.110. The summed E-state index contributed by atoms with van der Waals surface area (Å²) in [7, 11) is 0. The van der Waals surface area contributed by atoms with Gasteiger partial charge in [-0.3, -0.25) is 14.5 Å². The van der Waals surface area contributed by atoms with Gasteiger partial charge in [-0.1, -0.05) is 23.7 Å². The van der Waals surface area contributed by atoms with Gasteiger partial charge in [-0.15, -0.1) is 10.2 Å². The van der Waals surface area contributed by atoms with Crippen LogP contribution in [-0.2, 0) is 16.1 Å². The molecule has 8 nitrogen and oxygen atoms in total. The van der Waals surface area contributed by atoms with E-state index in [1.807, 2.05) is 30.9 Å². The number of nitrogens with two attached hydrogens (primary N) is 1. The molecule has 1 aromatic heterocycles. The fourth-order valence-electron chi connectivity index (χ4n) is 3.48. The highest BCUT2D eigenvalue weighted by molar-refractivity contribution is 6.33. The molecule has 29 heavy (non-hydrogen) atoms. The predicted octanol–water partition coefficient (Wildman–Crippen LogP) is 2.32. The van der Waals surface area contributed by atoms with Crippen molar-refractivity contribution in [2.24, 2.45) is 11.7 Å². The van der Waals surface area contributed by atoms with E-state index in [0.29, 0.717) is 28.9 Å². The first-order chi connectivity index (χ1) is 13.8. The van der Waals surface area contributed by atoms with Crippen LogP contribution < -0.4 is 5.73 Å². The van der Waals surface area contributed by atoms with Crippen molar-refractivity contribution in [3.8, 4) is 11.5 Å². The number of nitrogens with zero attached hydrogens (tertiary/aromatic N) is 4. The average Bonchev–Trinajstić information content (AvgIpc) is 3.14. The highest BCUT2D eigenvalue weighted by Gasteiger charge is 2.28. The van der Waals surface area contributed by atoms with E-state index in [9.17, 15) is 9.59 Å². The van der Waals surface area contributed by atoms with E-state index in [-0.39, 0.29) is 36.9 Å². The average molecular weight is 420 g/mol. The number of aromatic nitrogens is 2. The van der Waals surface area contributed by atoms with Crippen LogP contribution in [0.15, 0.2) is 28.7 Å². The maximum absolute atomic E-state index is 12.9. The molecule has 2 heterocycles. The summed E-state index contributed by atoms with van der Waals surface area (Å²) in [5.41, 5.74) is 6.09. The number of halogens is 1. The molecular formula is C20H26ClN5O3. The minimum Gasteiger partial charge on any atom is -0.419 e. The van der Waals surface area contributed by atoms with Crippen LogP contribution in [0, 0.1) is 5.92 Å². The molecule has 0 spiro atoms. The Balaban J connectivity index is 1.67. The van der Waals surface area contributed by atoms with Crippen molar-refractivity contribution in [2.45, 2.75) is 39.3 Å². The van der Waals surface area contributed by atoms with Gasteiger partial charge in [0.05, 0.1) is 29.6 Å². The molecule has 0 saturated carbocycles. The molecule has 1 atom stereocenters. The van der Waals surface area contributed by atoms with E-state index >= 15 is 0 Å². The van der Waals surface area contributed by atoms with E-state index in [1.54, 1.807) is 17.0 Å². The van der Waals surface area contributed by atoms with E-state index in [1.165, 1.54) is 0 Å². The summed E-state index contributed by atoms with van der Waals surface area (Å²) in [6.07, 6.45) is 1.63. The van der Waals surface area contributed by atoms with Crippen LogP contribution in [0.1, 0.15) is 32.6 Å². The second-order valence-corrected chi connectivity index (χ2v) is 7.98. The molecule has 1 aliphatic heterocycles. The number of hydrogen-bond donors (Lipinski definition) is 1. The molecule has 2 N–H and O–H groups in total. The minimum absolute atomic E-state index is 0.0464. The first-order valence-electron chi connectivity index (χ1n) is 9.73. The summed E-state index contributed by atoms with van der Waals surface area (Å²) in [4.78, 5) is 28.1. The molecule has 3 rings (SSSR count). The van der Waals surface area contributed by atoms with Gasteiger partial charge in [-0.05, 0) is 45.4 Å². The Morgan fingerprint density at radius 3 is 2.79 bits per heavy atom. The Kier molecular flexibility index (Phi) is 6.87. The van der Waals surface area contributed by atoms with Gasteiger partial charge in [0, 0.05) is 12.6 Å². The van der Waals surface area contributed by atoms with Crippen molar-refractivity contribution in [3.63, 3.8) is 0 Å². The molecule has 1 saturated heterocycles. The lowest BCUT2D eigenvalue weighted by molar-refractivity contribution is -0.136. The smallest absolute Gasteiger partial charge is 0.249 e. The number of likely N-dealkylation sites (tertiary alicyclic amines) is 1. The van der Waals surface area contributed by atoms with Crippen LogP contribution in [0.2, 0.25) is 5.02 Å². The number of carbonyl (C=O) groups is 2. The standard InChI is InChI=1S/C20H26ClN5O3/c1-13(2)26(18(27)12-25-9-5-6-14(10-25)19(22)28)11-17-23-24-20(29-17)15-7-3-4-8-16(15)21/h3-4,7-8,13-14H,5-6,9-12H2,1-2H3,(H2,22,28)/t14-/m1/s1. The van der Waals surface area contributed by atoms with Gasteiger partial charge in [0.15, 0.2) is 0 Å². The van der Waals surface area contributed by atoms with Gasteiger partial charge in [0.1, 0.15) is 0 Å². The second kappa shape index (κ2) is 9.37. The Bertz CT molecular complexity index is 869. The van der Waals surface area contributed by atoms with Crippen LogP contribution >= 0.6 is 11.6 Å². The van der Waals surface area contributed by atoms with E-state index in [0.717, 1.165) is 19.4 Å². The maximum Gasteiger partial charge on any atom is 0.249 e. The monoisotopic (exact) mass is 419 g/mol. The third-order valence-electron chi connectivity index (χ3n) is 5.09. The number of rotatable bonds is 7. The van der Waals surface area contributed by atoms with Crippen LogP contribution in [0.5, 0.6) is 0 Å². The summed E-state index contributed by atoms with van der Waals surface area (Å²) in [5, 5.41) is 8.66. The number of piperidine rings is 1. The molecular weight excluding hydrogens is 394 g/mol. The number of carbonyl (C=O) groups excluding carboxylic acids is 2. The summed E-state index contributed by atoms with van der Waals surface area (Å²) in [6, 6.07) is 7.17. The Hall–Kier alpha value is -2.45. The highest BCUT2D eigenvalue weighted by atomic mass is 35.5. The quantitative estimate of drug-likeness (QED) is 0.738. The normalized spacial score (nSPS) is 17.4. The number of amides is 2. The summed E-state index contributed by atoms with van der Waals surface area (Å²) >= 11 is 6.19. The molecule has 156 valence electrons. The van der Waals surface area contributed by atoms with Gasteiger partial charge >= 0.3 is 0 Å². The van der Waals surface area contributed by atoms with Crippen molar-refractivity contribution in [2.75, 3.05) is 19.6 Å². The Morgan fingerprint density at radius 2 is 2.10 bits per heavy atom. The molecule has 1 aromatic carbocycles. The third-order valence-corrected chi connectivity index (χ3v) is 5.42. The molecule has 0 aliphatic carbocycles. The topological polar surface area (TPSA) is 106 Å². The van der Waals surface area contributed by atoms with Gasteiger partial charge in [0.2, 0.25) is 23.6 Å².